The average Bonchev–Trinajstić information content (AvgIpc) is 3.16. The Labute approximate surface area is 164 Å². The molecule has 2 saturated heterocycles. The van der Waals surface area contributed by atoms with Crippen molar-refractivity contribution in [1.29, 1.82) is 0 Å². The molecule has 28 heavy (non-hydrogen) atoms. The second-order valence-corrected chi connectivity index (χ2v) is 8.64. The number of thioether (sulfide) groups is 1. The zero-order valence-corrected chi connectivity index (χ0v) is 16.2. The highest BCUT2D eigenvalue weighted by Crippen LogP contribution is 2.51. The minimum atomic E-state index is -1.08. The van der Waals surface area contributed by atoms with Crippen LogP contribution in [0.3, 0.4) is 0 Å². The van der Waals surface area contributed by atoms with E-state index in [9.17, 15) is 19.5 Å². The summed E-state index contributed by atoms with van der Waals surface area (Å²) in [7, 11) is 0. The molecule has 1 aromatic heterocycles. The maximum atomic E-state index is 12.8. The summed E-state index contributed by atoms with van der Waals surface area (Å²) >= 11 is 1.55. The Bertz CT molecular complexity index is 838. The molecule has 4 atom stereocenters. The third-order valence-corrected chi connectivity index (χ3v) is 6.94. The molecule has 0 aliphatic carbocycles. The summed E-state index contributed by atoms with van der Waals surface area (Å²) in [6, 6.07) is -0.678. The van der Waals surface area contributed by atoms with Crippen LogP contribution in [0.15, 0.2) is 16.9 Å². The van der Waals surface area contributed by atoms with Crippen molar-refractivity contribution in [2.45, 2.75) is 37.7 Å². The first-order valence-electron chi connectivity index (χ1n) is 9.06. The second kappa shape index (κ2) is 7.17. The molecule has 3 aliphatic rings. The van der Waals surface area contributed by atoms with E-state index in [1.54, 1.807) is 18.7 Å². The van der Waals surface area contributed by atoms with Gasteiger partial charge in [0, 0.05) is 35.2 Å². The molecule has 2 fully saturated rings. The van der Waals surface area contributed by atoms with Crippen molar-refractivity contribution in [3.8, 4) is 0 Å². The van der Waals surface area contributed by atoms with Crippen molar-refractivity contribution < 1.29 is 19.5 Å². The number of carbonyl (C=O) groups is 3. The Hall–Kier alpha value is -2.47. The quantitative estimate of drug-likeness (QED) is 0.468. The van der Waals surface area contributed by atoms with Crippen LogP contribution in [-0.4, -0.2) is 78.4 Å². The number of rotatable bonds is 7. The summed E-state index contributed by atoms with van der Waals surface area (Å²) in [5.74, 6) is -2.19. The van der Waals surface area contributed by atoms with Gasteiger partial charge in [-0.1, -0.05) is 6.92 Å². The van der Waals surface area contributed by atoms with Crippen LogP contribution in [0.25, 0.3) is 0 Å². The van der Waals surface area contributed by atoms with Crippen molar-refractivity contribution in [1.82, 2.24) is 35.7 Å². The molecule has 2 amide bonds. The van der Waals surface area contributed by atoms with E-state index in [4.69, 9.17) is 0 Å². The summed E-state index contributed by atoms with van der Waals surface area (Å²) < 4.78 is 1.29. The van der Waals surface area contributed by atoms with Gasteiger partial charge in [0.15, 0.2) is 0 Å². The lowest BCUT2D eigenvalue weighted by Gasteiger charge is -2.47. The number of carbonyl (C=O) groups excluding carboxylic acids is 2. The van der Waals surface area contributed by atoms with Crippen molar-refractivity contribution in [3.63, 3.8) is 0 Å². The number of fused-ring (bicyclic) bond motifs is 1. The summed E-state index contributed by atoms with van der Waals surface area (Å²) in [6.07, 6.45) is 1.33. The van der Waals surface area contributed by atoms with E-state index in [1.807, 2.05) is 6.92 Å². The monoisotopic (exact) mass is 407 g/mol. The molecular formula is C16H21N7O4S. The number of tetrazole rings is 1. The first-order chi connectivity index (χ1) is 13.4. The fourth-order valence-corrected chi connectivity index (χ4v) is 5.42. The van der Waals surface area contributed by atoms with Gasteiger partial charge in [-0.15, -0.1) is 16.9 Å². The summed E-state index contributed by atoms with van der Waals surface area (Å²) in [4.78, 5) is 39.0. The molecule has 11 nitrogen and oxygen atoms in total. The minimum Gasteiger partial charge on any atom is -0.477 e. The Kier molecular flexibility index (Phi) is 4.83. The molecule has 0 saturated carbocycles. The van der Waals surface area contributed by atoms with E-state index in [0.29, 0.717) is 5.25 Å². The van der Waals surface area contributed by atoms with Crippen LogP contribution < -0.4 is 10.6 Å². The van der Waals surface area contributed by atoms with Crippen LogP contribution in [0.5, 0.6) is 0 Å². The lowest BCUT2D eigenvalue weighted by atomic mass is 9.78. The Morgan fingerprint density at radius 1 is 1.46 bits per heavy atom. The third kappa shape index (κ3) is 3.05. The average molecular weight is 407 g/mol. The van der Waals surface area contributed by atoms with Crippen LogP contribution in [-0.2, 0) is 20.9 Å². The fraction of sp³-hybridized carbons (Fsp3) is 0.625. The lowest BCUT2D eigenvalue weighted by molar-refractivity contribution is -0.158. The molecule has 0 radical (unpaired) electrons. The molecule has 4 heterocycles. The van der Waals surface area contributed by atoms with Crippen LogP contribution in [0.4, 0.5) is 0 Å². The maximum absolute atomic E-state index is 12.8. The van der Waals surface area contributed by atoms with Gasteiger partial charge in [-0.3, -0.25) is 9.59 Å². The Morgan fingerprint density at radius 2 is 2.21 bits per heavy atom. The van der Waals surface area contributed by atoms with Crippen molar-refractivity contribution >= 4 is 29.5 Å². The highest BCUT2D eigenvalue weighted by molar-refractivity contribution is 8.03. The number of hydrogen-bond donors (Lipinski definition) is 3. The van der Waals surface area contributed by atoms with E-state index in [2.05, 4.69) is 26.2 Å². The number of carboxylic acids is 1. The lowest BCUT2D eigenvalue weighted by Crippen LogP contribution is -2.66. The molecule has 0 unspecified atom stereocenters. The number of carboxylic acid groups (broad SMARTS) is 1. The van der Waals surface area contributed by atoms with Gasteiger partial charge in [-0.25, -0.2) is 9.48 Å². The van der Waals surface area contributed by atoms with E-state index < -0.39 is 17.9 Å². The molecule has 0 aromatic carbocycles. The Morgan fingerprint density at radius 3 is 2.79 bits per heavy atom. The molecular weight excluding hydrogens is 386 g/mol. The highest BCUT2D eigenvalue weighted by atomic mass is 32.2. The first-order valence-corrected chi connectivity index (χ1v) is 9.94. The maximum Gasteiger partial charge on any atom is 0.353 e. The summed E-state index contributed by atoms with van der Waals surface area (Å²) in [6.45, 7) is 5.35. The van der Waals surface area contributed by atoms with E-state index in [1.165, 1.54) is 15.9 Å². The number of aromatic nitrogens is 4. The Balaban J connectivity index is 1.46. The molecule has 3 aliphatic heterocycles. The molecule has 0 bridgehead atoms. The predicted octanol–water partition coefficient (Wildman–Crippen LogP) is -1.34. The number of β-lactam (4-membered cyclic amide) rings is 1. The number of hydrogen-bond acceptors (Lipinski definition) is 8. The predicted molar refractivity (Wildman–Crippen MR) is 97.6 cm³/mol. The van der Waals surface area contributed by atoms with Gasteiger partial charge in [0.2, 0.25) is 11.8 Å². The van der Waals surface area contributed by atoms with Crippen molar-refractivity contribution in [2.75, 3.05) is 13.1 Å². The third-order valence-electron chi connectivity index (χ3n) is 5.45. The topological polar surface area (TPSA) is 142 Å². The van der Waals surface area contributed by atoms with Crippen LogP contribution in [0, 0.1) is 11.8 Å². The normalized spacial score (nSPS) is 27.9. The van der Waals surface area contributed by atoms with Gasteiger partial charge in [0.05, 0.1) is 12.0 Å². The van der Waals surface area contributed by atoms with Crippen molar-refractivity contribution in [2.24, 2.45) is 11.8 Å². The number of aliphatic carboxylic acids is 1. The zero-order valence-electron chi connectivity index (χ0n) is 15.4. The summed E-state index contributed by atoms with van der Waals surface area (Å²) in [5.41, 5.74) is 0.0999. The van der Waals surface area contributed by atoms with Crippen LogP contribution >= 0.6 is 11.8 Å². The highest BCUT2D eigenvalue weighted by Gasteiger charge is 2.60. The van der Waals surface area contributed by atoms with Crippen LogP contribution in [0.2, 0.25) is 0 Å². The van der Waals surface area contributed by atoms with Gasteiger partial charge >= 0.3 is 5.97 Å². The molecule has 3 N–H and O–H groups in total. The van der Waals surface area contributed by atoms with Gasteiger partial charge in [0.25, 0.3) is 0 Å². The smallest absolute Gasteiger partial charge is 0.353 e. The first kappa shape index (κ1) is 18.9. The number of nitrogens with one attached hydrogen (secondary N) is 2. The fourth-order valence-electron chi connectivity index (χ4n) is 4.01. The van der Waals surface area contributed by atoms with Crippen molar-refractivity contribution in [3.05, 3.63) is 16.9 Å². The van der Waals surface area contributed by atoms with Crippen LogP contribution in [0.1, 0.15) is 13.8 Å². The van der Waals surface area contributed by atoms with Gasteiger partial charge in [-0.2, -0.15) is 0 Å². The minimum absolute atomic E-state index is 0.0450. The number of amides is 2. The molecule has 4 rings (SSSR count). The van der Waals surface area contributed by atoms with Gasteiger partial charge in [0.1, 0.15) is 18.6 Å². The van der Waals surface area contributed by atoms with Gasteiger partial charge in [-0.05, 0) is 17.4 Å². The van der Waals surface area contributed by atoms with Gasteiger partial charge < -0.3 is 20.6 Å². The van der Waals surface area contributed by atoms with E-state index in [-0.39, 0.29) is 36.0 Å². The van der Waals surface area contributed by atoms with E-state index >= 15 is 0 Å². The largest absolute Gasteiger partial charge is 0.477 e. The molecule has 150 valence electrons. The standard InChI is InChI=1S/C16H21N7O4S/c1-7-12-11(8(2)19-10(24)5-22-6-18-20-21-22)15(25)23(12)13(16(26)27)14(7)28-9-3-17-4-9/h6-9,11-12,17H,3-5H2,1-2H3,(H,19,24)(H,26,27)/t7-,8-,11-,12-/m1/s1. The van der Waals surface area contributed by atoms with E-state index in [0.717, 1.165) is 18.0 Å². The molecule has 12 heteroatoms. The zero-order chi connectivity index (χ0) is 20.0. The SMILES string of the molecule is C[C@@H](NC(=O)Cn1cnnn1)[C@H]1C(=O)N2C(C(=O)O)=C(SC3CNC3)[C@H](C)[C@H]12. The molecule has 0 spiro atoms. The second-order valence-electron chi connectivity index (χ2n) is 7.29. The summed E-state index contributed by atoms with van der Waals surface area (Å²) in [5, 5.41) is 26.6. The number of nitrogens with zero attached hydrogens (tertiary/aromatic N) is 5. The molecule has 1 aromatic rings.